The van der Waals surface area contributed by atoms with Crippen LogP contribution in [0, 0.1) is 11.6 Å². The number of hydrogen-bond acceptors (Lipinski definition) is 2. The van der Waals surface area contributed by atoms with Gasteiger partial charge < -0.3 is 5.32 Å². The second-order valence-corrected chi connectivity index (χ2v) is 4.27. The van der Waals surface area contributed by atoms with Crippen LogP contribution in [0.25, 0.3) is 10.9 Å². The second kappa shape index (κ2) is 4.68. The summed E-state index contributed by atoms with van der Waals surface area (Å²) >= 11 is 0. The lowest BCUT2D eigenvalue weighted by atomic mass is 10.2. The van der Waals surface area contributed by atoms with Crippen molar-refractivity contribution < 1.29 is 8.78 Å². The van der Waals surface area contributed by atoms with Crippen LogP contribution in [0.3, 0.4) is 0 Å². The van der Waals surface area contributed by atoms with E-state index in [2.05, 4.69) is 15.5 Å². The number of fused-ring (bicyclic) bond motifs is 1. The van der Waals surface area contributed by atoms with Crippen molar-refractivity contribution in [2.24, 2.45) is 0 Å². The van der Waals surface area contributed by atoms with E-state index in [1.165, 1.54) is 6.07 Å². The van der Waals surface area contributed by atoms with Gasteiger partial charge in [-0.1, -0.05) is 6.07 Å². The Kier molecular flexibility index (Phi) is 2.87. The van der Waals surface area contributed by atoms with Crippen molar-refractivity contribution in [2.75, 3.05) is 5.32 Å². The van der Waals surface area contributed by atoms with Gasteiger partial charge in [-0.3, -0.25) is 5.10 Å². The van der Waals surface area contributed by atoms with Crippen LogP contribution in [0.4, 0.5) is 14.5 Å². The van der Waals surface area contributed by atoms with Crippen LogP contribution in [0.5, 0.6) is 0 Å². The fraction of sp³-hybridized carbons (Fsp3) is 0.0714. The maximum atomic E-state index is 13.1. The van der Waals surface area contributed by atoms with Crippen LogP contribution in [0.2, 0.25) is 0 Å². The molecule has 19 heavy (non-hydrogen) atoms. The number of H-pyrrole nitrogens is 1. The fourth-order valence-corrected chi connectivity index (χ4v) is 1.91. The van der Waals surface area contributed by atoms with E-state index in [1.54, 1.807) is 12.3 Å². The van der Waals surface area contributed by atoms with Gasteiger partial charge in [-0.2, -0.15) is 5.10 Å². The van der Waals surface area contributed by atoms with Gasteiger partial charge in [0.2, 0.25) is 0 Å². The lowest BCUT2D eigenvalue weighted by Gasteiger charge is -2.07. The summed E-state index contributed by atoms with van der Waals surface area (Å²) in [5, 5.41) is 11.0. The lowest BCUT2D eigenvalue weighted by Crippen LogP contribution is -2.00. The zero-order valence-corrected chi connectivity index (χ0v) is 9.95. The minimum Gasteiger partial charge on any atom is -0.381 e. The number of nitrogens with one attached hydrogen (secondary N) is 2. The smallest absolute Gasteiger partial charge is 0.159 e. The third-order valence-electron chi connectivity index (χ3n) is 2.92. The molecule has 3 aromatic rings. The van der Waals surface area contributed by atoms with Crippen LogP contribution >= 0.6 is 0 Å². The summed E-state index contributed by atoms with van der Waals surface area (Å²) in [6.07, 6.45) is 1.73. The van der Waals surface area contributed by atoms with Crippen molar-refractivity contribution >= 4 is 16.6 Å². The third kappa shape index (κ3) is 2.40. The molecule has 1 aromatic heterocycles. The van der Waals surface area contributed by atoms with Crippen molar-refractivity contribution in [3.05, 3.63) is 59.8 Å². The Bertz CT molecular complexity index is 722. The molecular weight excluding hydrogens is 248 g/mol. The van der Waals surface area contributed by atoms with Crippen LogP contribution in [-0.2, 0) is 6.54 Å². The van der Waals surface area contributed by atoms with Gasteiger partial charge in [0.15, 0.2) is 11.6 Å². The standard InChI is InChI=1S/C14H11F2N3/c15-12-3-1-9(5-13(12)16)7-17-11-2-4-14-10(6-11)8-18-19-14/h1-6,8,17H,7H2,(H,18,19). The highest BCUT2D eigenvalue weighted by Gasteiger charge is 2.03. The number of anilines is 1. The minimum absolute atomic E-state index is 0.431. The number of benzene rings is 2. The summed E-state index contributed by atoms with van der Waals surface area (Å²) in [6, 6.07) is 9.64. The molecule has 0 fully saturated rings. The number of halogens is 2. The zero-order valence-electron chi connectivity index (χ0n) is 9.95. The summed E-state index contributed by atoms with van der Waals surface area (Å²) in [7, 11) is 0. The van der Waals surface area contributed by atoms with Crippen molar-refractivity contribution in [1.29, 1.82) is 0 Å². The molecule has 2 aromatic carbocycles. The van der Waals surface area contributed by atoms with Gasteiger partial charge in [-0.15, -0.1) is 0 Å². The number of nitrogens with zero attached hydrogens (tertiary/aromatic N) is 1. The molecule has 0 aliphatic rings. The van der Waals surface area contributed by atoms with Gasteiger partial charge >= 0.3 is 0 Å². The third-order valence-corrected chi connectivity index (χ3v) is 2.92. The van der Waals surface area contributed by atoms with Crippen molar-refractivity contribution in [2.45, 2.75) is 6.54 Å². The molecule has 0 saturated heterocycles. The molecule has 0 atom stereocenters. The fourth-order valence-electron chi connectivity index (χ4n) is 1.91. The minimum atomic E-state index is -0.830. The Hall–Kier alpha value is -2.43. The molecule has 0 saturated carbocycles. The Morgan fingerprint density at radius 2 is 1.95 bits per heavy atom. The number of rotatable bonds is 3. The Balaban J connectivity index is 1.75. The normalized spacial score (nSPS) is 10.8. The van der Waals surface area contributed by atoms with Crippen LogP contribution in [0.1, 0.15) is 5.56 Å². The van der Waals surface area contributed by atoms with Crippen LogP contribution < -0.4 is 5.32 Å². The SMILES string of the molecule is Fc1ccc(CNc2ccc3[nH]ncc3c2)cc1F. The van der Waals surface area contributed by atoms with E-state index in [0.717, 1.165) is 22.7 Å². The van der Waals surface area contributed by atoms with E-state index in [4.69, 9.17) is 0 Å². The van der Waals surface area contributed by atoms with Crippen molar-refractivity contribution in [1.82, 2.24) is 10.2 Å². The van der Waals surface area contributed by atoms with Crippen LogP contribution in [0.15, 0.2) is 42.6 Å². The molecule has 1 heterocycles. The molecule has 0 radical (unpaired) electrons. The second-order valence-electron chi connectivity index (χ2n) is 4.27. The van der Waals surface area contributed by atoms with Gasteiger partial charge in [-0.25, -0.2) is 8.78 Å². The molecule has 0 aliphatic heterocycles. The first kappa shape index (κ1) is 11.6. The summed E-state index contributed by atoms with van der Waals surface area (Å²) < 4.78 is 25.9. The average Bonchev–Trinajstić information content (AvgIpc) is 2.87. The molecule has 0 aliphatic carbocycles. The maximum absolute atomic E-state index is 13.1. The Labute approximate surface area is 108 Å². The molecule has 0 amide bonds. The summed E-state index contributed by atoms with van der Waals surface area (Å²) in [5.41, 5.74) is 2.54. The number of aromatic nitrogens is 2. The van der Waals surface area contributed by atoms with E-state index in [9.17, 15) is 8.78 Å². The molecular formula is C14H11F2N3. The number of hydrogen-bond donors (Lipinski definition) is 2. The molecule has 96 valence electrons. The number of aromatic amines is 1. The summed E-state index contributed by atoms with van der Waals surface area (Å²) in [5.74, 6) is -1.66. The first-order valence-electron chi connectivity index (χ1n) is 5.83. The average molecular weight is 259 g/mol. The van der Waals surface area contributed by atoms with E-state index < -0.39 is 11.6 Å². The highest BCUT2D eigenvalue weighted by molar-refractivity contribution is 5.81. The van der Waals surface area contributed by atoms with Gasteiger partial charge in [0, 0.05) is 17.6 Å². The molecule has 3 rings (SSSR count). The first-order chi connectivity index (χ1) is 9.22. The maximum Gasteiger partial charge on any atom is 0.159 e. The van der Waals surface area contributed by atoms with E-state index in [1.807, 2.05) is 18.2 Å². The van der Waals surface area contributed by atoms with Gasteiger partial charge in [-0.05, 0) is 35.9 Å². The quantitative estimate of drug-likeness (QED) is 0.756. The summed E-state index contributed by atoms with van der Waals surface area (Å²) in [4.78, 5) is 0. The molecule has 0 unspecified atom stereocenters. The zero-order chi connectivity index (χ0) is 13.2. The summed E-state index contributed by atoms with van der Waals surface area (Å²) in [6.45, 7) is 0.431. The molecule has 2 N–H and O–H groups in total. The first-order valence-corrected chi connectivity index (χ1v) is 5.83. The van der Waals surface area contributed by atoms with E-state index >= 15 is 0 Å². The van der Waals surface area contributed by atoms with Crippen molar-refractivity contribution in [3.8, 4) is 0 Å². The monoisotopic (exact) mass is 259 g/mol. The predicted octanol–water partition coefficient (Wildman–Crippen LogP) is 3.45. The Morgan fingerprint density at radius 3 is 2.79 bits per heavy atom. The largest absolute Gasteiger partial charge is 0.381 e. The Morgan fingerprint density at radius 1 is 1.05 bits per heavy atom. The molecule has 0 spiro atoms. The van der Waals surface area contributed by atoms with Gasteiger partial charge in [0.25, 0.3) is 0 Å². The molecule has 5 heteroatoms. The highest BCUT2D eigenvalue weighted by atomic mass is 19.2. The van der Waals surface area contributed by atoms with Gasteiger partial charge in [0.05, 0.1) is 11.7 Å². The lowest BCUT2D eigenvalue weighted by molar-refractivity contribution is 0.507. The predicted molar refractivity (Wildman–Crippen MR) is 69.8 cm³/mol. The van der Waals surface area contributed by atoms with Gasteiger partial charge in [0.1, 0.15) is 0 Å². The molecule has 3 nitrogen and oxygen atoms in total. The van der Waals surface area contributed by atoms with Crippen LogP contribution in [-0.4, -0.2) is 10.2 Å². The molecule has 0 bridgehead atoms. The highest BCUT2D eigenvalue weighted by Crippen LogP contribution is 2.18. The topological polar surface area (TPSA) is 40.7 Å². The van der Waals surface area contributed by atoms with E-state index in [-0.39, 0.29) is 0 Å². The van der Waals surface area contributed by atoms with Crippen molar-refractivity contribution in [3.63, 3.8) is 0 Å². The van der Waals surface area contributed by atoms with E-state index in [0.29, 0.717) is 12.1 Å².